The van der Waals surface area contributed by atoms with E-state index in [9.17, 15) is 107 Å². The molecule has 0 spiro atoms. The largest absolute Gasteiger partial charge is 0.460 e. The molecule has 0 heterocycles. The van der Waals surface area contributed by atoms with E-state index in [0.717, 1.165) is 0 Å². The van der Waals surface area contributed by atoms with Crippen molar-refractivity contribution >= 4 is 34.7 Å². The number of carbonyl (C=O) groups excluding carboxylic acids is 6. The second kappa shape index (κ2) is 19.3. The Kier molecular flexibility index (Phi) is 20.8. The summed E-state index contributed by atoms with van der Waals surface area (Å²) in [5, 5.41) is 0. The van der Waals surface area contributed by atoms with Crippen molar-refractivity contribution in [1.29, 1.82) is 0 Å². The Morgan fingerprint density at radius 3 is 0.483 bits per heavy atom. The van der Waals surface area contributed by atoms with Gasteiger partial charge in [-0.15, -0.1) is 0 Å². The molecule has 0 aliphatic carbocycles. The summed E-state index contributed by atoms with van der Waals surface area (Å²) in [7, 11) is 0. The second-order valence-corrected chi connectivity index (χ2v) is 14.9. The SMILES string of the molecule is CC(C)(C)C(=[OH+])CC(=[OH+])C(F)(F)C(F)(F)C(F)(F)F.CC(C)(C)C(=[OH+])CC(=[OH+])C(F)(F)C(F)(F)C(F)(F)F.CC(C)(C)C(=[OH+])CC(=[OH+])C(F)(F)C(F)(F)C(F)(F)F.[Gd]. The Bertz CT molecular complexity index is 1310. The van der Waals surface area contributed by atoms with Crippen LogP contribution in [0.4, 0.5) is 92.2 Å². The molecule has 0 saturated carbocycles. The number of hydrogen-bond donors (Lipinski definition) is 0. The zero-order chi connectivity index (χ0) is 47.6. The molecule has 0 amide bonds. The standard InChI is InChI=1S/3C10H11F7O2.Gd/c3*1-7(2,3)5(18)4-6(19)8(11,12)9(13,14)10(15,16)17;/h3*4H2,1-3H3;/p+6. The van der Waals surface area contributed by atoms with Gasteiger partial charge in [-0.25, -0.2) is 0 Å². The van der Waals surface area contributed by atoms with Gasteiger partial charge < -0.3 is 0 Å². The Hall–Kier alpha value is -2.13. The molecule has 0 rings (SSSR count). The second-order valence-electron chi connectivity index (χ2n) is 14.9. The molecule has 0 aromatic rings. The molecule has 0 bridgehead atoms. The fourth-order valence-electron chi connectivity index (χ4n) is 2.68. The molecule has 28 heteroatoms. The minimum Gasteiger partial charge on any atom is -0.282 e. The molecule has 0 radical (unpaired) electrons. The fourth-order valence-corrected chi connectivity index (χ4v) is 2.68. The number of halogens is 21. The fraction of sp³-hybridized carbons (Fsp3) is 0.800. The van der Waals surface area contributed by atoms with Crippen LogP contribution in [0.15, 0.2) is 0 Å². The molecule has 0 saturated heterocycles. The van der Waals surface area contributed by atoms with E-state index >= 15 is 0 Å². The average molecular weight is 1050 g/mol. The summed E-state index contributed by atoms with van der Waals surface area (Å²) in [6, 6.07) is 0. The van der Waals surface area contributed by atoms with Crippen LogP contribution in [0.2, 0.25) is 0 Å². The van der Waals surface area contributed by atoms with Gasteiger partial charge in [-0.3, -0.25) is 28.8 Å². The van der Waals surface area contributed by atoms with Crippen molar-refractivity contribution < 1.29 is 161 Å². The van der Waals surface area contributed by atoms with Crippen molar-refractivity contribution in [3.05, 3.63) is 0 Å². The van der Waals surface area contributed by atoms with E-state index in [1.807, 2.05) is 0 Å². The topological polar surface area (TPSA) is 128 Å². The minimum atomic E-state index is -6.53. The average Bonchev–Trinajstić information content (AvgIpc) is 2.93. The zero-order valence-corrected chi connectivity index (χ0v) is 33.4. The van der Waals surface area contributed by atoms with Crippen LogP contribution in [-0.4, -0.2) is 118 Å². The maximum absolute atomic E-state index is 13.0. The van der Waals surface area contributed by atoms with Crippen molar-refractivity contribution in [1.82, 2.24) is 0 Å². The van der Waals surface area contributed by atoms with Crippen LogP contribution >= 0.6 is 0 Å². The summed E-state index contributed by atoms with van der Waals surface area (Å²) < 4.78 is 260. The molecule has 344 valence electrons. The molecule has 0 aliphatic heterocycles. The molecule has 6 N–H and O–H groups in total. The Balaban J connectivity index is -0.000000374. The van der Waals surface area contributed by atoms with Gasteiger partial charge in [-0.05, 0) is 62.3 Å². The summed E-state index contributed by atoms with van der Waals surface area (Å²) in [5.41, 5.74) is -3.47. The molecule has 0 aromatic heterocycles. The van der Waals surface area contributed by atoms with Crippen molar-refractivity contribution in [3.63, 3.8) is 0 Å². The third-order valence-corrected chi connectivity index (χ3v) is 6.94. The van der Waals surface area contributed by atoms with Crippen LogP contribution < -0.4 is 0 Å². The van der Waals surface area contributed by atoms with Gasteiger partial charge in [0.25, 0.3) is 0 Å². The molecule has 58 heavy (non-hydrogen) atoms. The monoisotopic (exact) mass is 1050 g/mol. The Morgan fingerprint density at radius 1 is 0.276 bits per heavy atom. The van der Waals surface area contributed by atoms with Crippen LogP contribution in [0.5, 0.6) is 0 Å². The van der Waals surface area contributed by atoms with Crippen LogP contribution in [-0.2, 0) is 0 Å². The van der Waals surface area contributed by atoms with Gasteiger partial charge in [-0.2, -0.15) is 92.2 Å². The summed E-state index contributed by atoms with van der Waals surface area (Å²) in [5.74, 6) is -46.6. The molecule has 0 unspecified atom stereocenters. The Labute approximate surface area is 346 Å². The molecular formula is C30H39F21GdO6+6. The van der Waals surface area contributed by atoms with Crippen molar-refractivity contribution in [2.75, 3.05) is 0 Å². The maximum Gasteiger partial charge on any atom is 0.460 e. The van der Waals surface area contributed by atoms with Crippen LogP contribution in [0.1, 0.15) is 81.6 Å². The van der Waals surface area contributed by atoms with E-state index in [-0.39, 0.29) is 39.9 Å². The van der Waals surface area contributed by atoms with E-state index < -0.39 is 124 Å². The van der Waals surface area contributed by atoms with Gasteiger partial charge in [0.1, 0.15) is 0 Å². The normalized spacial score (nSPS) is 14.2. The molecule has 6 nitrogen and oxygen atoms in total. The summed E-state index contributed by atoms with van der Waals surface area (Å²) in [4.78, 5) is 54.2. The van der Waals surface area contributed by atoms with Crippen LogP contribution in [0, 0.1) is 56.2 Å². The first-order chi connectivity index (χ1) is 24.1. The van der Waals surface area contributed by atoms with Gasteiger partial charge in [0.05, 0.1) is 16.2 Å². The molecule has 0 atom stereocenters. The number of rotatable bonds is 12. The van der Waals surface area contributed by atoms with Gasteiger partial charge in [-0.1, -0.05) is 0 Å². The zero-order valence-electron chi connectivity index (χ0n) is 31.1. The van der Waals surface area contributed by atoms with E-state index in [2.05, 4.69) is 0 Å². The quantitative estimate of drug-likeness (QED) is 0.105. The van der Waals surface area contributed by atoms with Crippen molar-refractivity contribution in [2.24, 2.45) is 16.2 Å². The predicted molar refractivity (Wildman–Crippen MR) is 162 cm³/mol. The van der Waals surface area contributed by atoms with Crippen molar-refractivity contribution in [2.45, 2.75) is 136 Å². The first-order valence-electron chi connectivity index (χ1n) is 14.9. The number of alkyl halides is 21. The summed E-state index contributed by atoms with van der Waals surface area (Å²) >= 11 is 0. The van der Waals surface area contributed by atoms with Crippen molar-refractivity contribution in [3.8, 4) is 0 Å². The third-order valence-electron chi connectivity index (χ3n) is 6.94. The molecule has 0 fully saturated rings. The maximum atomic E-state index is 13.0. The third kappa shape index (κ3) is 15.1. The number of ketones is 6. The predicted octanol–water partition coefficient (Wildman–Crippen LogP) is 10.0. The smallest absolute Gasteiger partial charge is 0.282 e. The van der Waals surface area contributed by atoms with E-state index in [0.29, 0.717) is 0 Å². The van der Waals surface area contributed by atoms with Gasteiger partial charge in [0.15, 0.2) is 19.3 Å². The molecular weight excluding hydrogens is 1010 g/mol. The van der Waals surface area contributed by atoms with Crippen LogP contribution in [0.3, 0.4) is 0 Å². The number of hydrogen-bond acceptors (Lipinski definition) is 0. The molecule has 0 aliphatic rings. The van der Waals surface area contributed by atoms with Gasteiger partial charge >= 0.3 is 88.8 Å². The van der Waals surface area contributed by atoms with E-state index in [1.54, 1.807) is 0 Å². The van der Waals surface area contributed by atoms with E-state index in [4.69, 9.17) is 14.4 Å². The Morgan fingerprint density at radius 2 is 0.397 bits per heavy atom. The first-order valence-corrected chi connectivity index (χ1v) is 14.9. The summed E-state index contributed by atoms with van der Waals surface area (Å²) in [6.07, 6.45) is -24.0. The molecule has 0 aromatic carbocycles. The summed E-state index contributed by atoms with van der Waals surface area (Å²) in [6.45, 7) is 11.7. The van der Waals surface area contributed by atoms with E-state index in [1.165, 1.54) is 62.3 Å². The van der Waals surface area contributed by atoms with Gasteiger partial charge in [0, 0.05) is 39.9 Å². The minimum absolute atomic E-state index is 0. The van der Waals surface area contributed by atoms with Gasteiger partial charge in [0.2, 0.25) is 0 Å². The van der Waals surface area contributed by atoms with Crippen LogP contribution in [0.25, 0.3) is 0 Å². The first kappa shape index (κ1) is 62.5.